The van der Waals surface area contributed by atoms with Crippen molar-refractivity contribution < 1.29 is 4.79 Å². The summed E-state index contributed by atoms with van der Waals surface area (Å²) in [6.45, 7) is 0.549. The van der Waals surface area contributed by atoms with Crippen LogP contribution in [-0.4, -0.2) is 27.4 Å². The number of carbonyl (C=O) groups is 1. The molecule has 0 aliphatic heterocycles. The molecular formula is C20H17ClN4OS. The van der Waals surface area contributed by atoms with Crippen molar-refractivity contribution in [3.05, 3.63) is 70.5 Å². The van der Waals surface area contributed by atoms with Gasteiger partial charge in [0.25, 0.3) is 0 Å². The minimum atomic E-state index is -0.0175. The first-order valence-electron chi connectivity index (χ1n) is 8.57. The zero-order valence-electron chi connectivity index (χ0n) is 14.4. The van der Waals surface area contributed by atoms with Crippen LogP contribution in [0.25, 0.3) is 21.6 Å². The zero-order valence-corrected chi connectivity index (χ0v) is 16.0. The van der Waals surface area contributed by atoms with Gasteiger partial charge in [0, 0.05) is 46.7 Å². The maximum absolute atomic E-state index is 12.3. The molecule has 3 aromatic heterocycles. The summed E-state index contributed by atoms with van der Waals surface area (Å²) in [6.07, 6.45) is 4.63. The summed E-state index contributed by atoms with van der Waals surface area (Å²) in [6, 6.07) is 11.4. The van der Waals surface area contributed by atoms with Gasteiger partial charge in [-0.05, 0) is 35.9 Å². The van der Waals surface area contributed by atoms with E-state index >= 15 is 0 Å². The van der Waals surface area contributed by atoms with E-state index in [4.69, 9.17) is 11.6 Å². The first-order valence-corrected chi connectivity index (χ1v) is 9.83. The van der Waals surface area contributed by atoms with Crippen molar-refractivity contribution in [3.8, 4) is 10.7 Å². The average molecular weight is 397 g/mol. The number of nitrogens with one attached hydrogen (secondary N) is 2. The molecule has 3 heterocycles. The van der Waals surface area contributed by atoms with Gasteiger partial charge in [0.1, 0.15) is 5.01 Å². The highest BCUT2D eigenvalue weighted by Crippen LogP contribution is 2.23. The predicted molar refractivity (Wildman–Crippen MR) is 109 cm³/mol. The number of halogens is 1. The van der Waals surface area contributed by atoms with Crippen molar-refractivity contribution in [1.82, 2.24) is 20.3 Å². The third-order valence-electron chi connectivity index (χ3n) is 4.22. The van der Waals surface area contributed by atoms with Crippen LogP contribution in [-0.2, 0) is 17.6 Å². The van der Waals surface area contributed by atoms with Gasteiger partial charge >= 0.3 is 0 Å². The summed E-state index contributed by atoms with van der Waals surface area (Å²) in [4.78, 5) is 24.3. The van der Waals surface area contributed by atoms with E-state index in [0.717, 1.165) is 32.9 Å². The van der Waals surface area contributed by atoms with Crippen LogP contribution in [0.3, 0.4) is 0 Å². The number of carbonyl (C=O) groups excluding carboxylic acids is 1. The summed E-state index contributed by atoms with van der Waals surface area (Å²) in [5.74, 6) is -0.0175. The largest absolute Gasteiger partial charge is 0.361 e. The number of fused-ring (bicyclic) bond motifs is 1. The van der Waals surface area contributed by atoms with Gasteiger partial charge in [-0.2, -0.15) is 0 Å². The molecule has 0 aliphatic rings. The monoisotopic (exact) mass is 396 g/mol. The number of aromatic nitrogens is 3. The van der Waals surface area contributed by atoms with Gasteiger partial charge in [-0.3, -0.25) is 9.78 Å². The third-order valence-corrected chi connectivity index (χ3v) is 5.37. The molecule has 0 atom stereocenters. The van der Waals surface area contributed by atoms with E-state index in [-0.39, 0.29) is 5.91 Å². The Morgan fingerprint density at radius 2 is 2.19 bits per heavy atom. The van der Waals surface area contributed by atoms with E-state index in [9.17, 15) is 4.79 Å². The molecule has 0 radical (unpaired) electrons. The molecule has 2 N–H and O–H groups in total. The fourth-order valence-corrected chi connectivity index (χ4v) is 3.89. The van der Waals surface area contributed by atoms with Crippen molar-refractivity contribution in [2.45, 2.75) is 12.8 Å². The van der Waals surface area contributed by atoms with Gasteiger partial charge in [-0.15, -0.1) is 11.3 Å². The van der Waals surface area contributed by atoms with E-state index in [2.05, 4.69) is 20.3 Å². The van der Waals surface area contributed by atoms with Crippen molar-refractivity contribution in [2.75, 3.05) is 6.54 Å². The number of hydrogen-bond donors (Lipinski definition) is 2. The van der Waals surface area contributed by atoms with Crippen LogP contribution in [0.5, 0.6) is 0 Å². The lowest BCUT2D eigenvalue weighted by Crippen LogP contribution is -2.27. The van der Waals surface area contributed by atoms with E-state index in [1.54, 1.807) is 17.5 Å². The Morgan fingerprint density at radius 3 is 3.04 bits per heavy atom. The van der Waals surface area contributed by atoms with Crippen LogP contribution < -0.4 is 5.32 Å². The Balaban J connectivity index is 1.32. The van der Waals surface area contributed by atoms with Crippen LogP contribution >= 0.6 is 22.9 Å². The number of hydrogen-bond acceptors (Lipinski definition) is 4. The number of nitrogens with zero attached hydrogens (tertiary/aromatic N) is 2. The third kappa shape index (κ3) is 4.18. The molecule has 0 bridgehead atoms. The summed E-state index contributed by atoms with van der Waals surface area (Å²) in [7, 11) is 0. The van der Waals surface area contributed by atoms with Crippen LogP contribution in [0.4, 0.5) is 0 Å². The lowest BCUT2D eigenvalue weighted by Gasteiger charge is -2.04. The quantitative estimate of drug-likeness (QED) is 0.512. The first-order chi connectivity index (χ1) is 13.2. The standard InChI is InChI=1S/C20H17ClN4OS/c21-14-4-5-17-16(10-14)13(11-24-17)9-19(26)23-8-6-15-12-27-20(25-15)18-3-1-2-7-22-18/h1-5,7,10-12,24H,6,8-9H2,(H,23,26). The van der Waals surface area contributed by atoms with Gasteiger partial charge in [0.05, 0.1) is 17.8 Å². The molecule has 27 heavy (non-hydrogen) atoms. The van der Waals surface area contributed by atoms with Gasteiger partial charge in [-0.25, -0.2) is 4.98 Å². The highest BCUT2D eigenvalue weighted by atomic mass is 35.5. The maximum atomic E-state index is 12.3. The Kier molecular flexibility index (Phi) is 5.18. The van der Waals surface area contributed by atoms with Gasteiger partial charge in [-0.1, -0.05) is 17.7 Å². The molecular weight excluding hydrogens is 380 g/mol. The number of pyridine rings is 1. The molecule has 0 saturated heterocycles. The molecule has 0 unspecified atom stereocenters. The minimum Gasteiger partial charge on any atom is -0.361 e. The van der Waals surface area contributed by atoms with Crippen LogP contribution in [0.1, 0.15) is 11.3 Å². The molecule has 0 spiro atoms. The highest BCUT2D eigenvalue weighted by molar-refractivity contribution is 7.13. The lowest BCUT2D eigenvalue weighted by atomic mass is 10.1. The minimum absolute atomic E-state index is 0.0175. The molecule has 0 fully saturated rings. The lowest BCUT2D eigenvalue weighted by molar-refractivity contribution is -0.120. The molecule has 5 nitrogen and oxygen atoms in total. The summed E-state index contributed by atoms with van der Waals surface area (Å²) in [5.41, 5.74) is 3.75. The number of H-pyrrole nitrogens is 1. The Morgan fingerprint density at radius 1 is 1.26 bits per heavy atom. The van der Waals surface area contributed by atoms with Gasteiger partial charge < -0.3 is 10.3 Å². The SMILES string of the molecule is O=C(Cc1c[nH]c2ccc(Cl)cc12)NCCc1csc(-c2ccccn2)n1. The Hall–Kier alpha value is -2.70. The Labute approximate surface area is 165 Å². The number of aromatic amines is 1. The van der Waals surface area contributed by atoms with Crippen LogP contribution in [0, 0.1) is 0 Å². The summed E-state index contributed by atoms with van der Waals surface area (Å²) < 4.78 is 0. The second-order valence-electron chi connectivity index (χ2n) is 6.14. The topological polar surface area (TPSA) is 70.7 Å². The van der Waals surface area contributed by atoms with Crippen molar-refractivity contribution in [2.24, 2.45) is 0 Å². The van der Waals surface area contributed by atoms with E-state index in [1.807, 2.05) is 48.0 Å². The van der Waals surface area contributed by atoms with Crippen LogP contribution in [0.15, 0.2) is 54.2 Å². The zero-order chi connectivity index (χ0) is 18.6. The van der Waals surface area contributed by atoms with Crippen molar-refractivity contribution in [3.63, 3.8) is 0 Å². The molecule has 7 heteroatoms. The first kappa shape index (κ1) is 17.7. The van der Waals surface area contributed by atoms with Gasteiger partial charge in [0.15, 0.2) is 0 Å². The van der Waals surface area contributed by atoms with Crippen LogP contribution in [0.2, 0.25) is 5.02 Å². The Bertz CT molecular complexity index is 1070. The summed E-state index contributed by atoms with van der Waals surface area (Å²) >= 11 is 7.62. The second kappa shape index (κ2) is 7.90. The average Bonchev–Trinajstić information content (AvgIpc) is 3.30. The summed E-state index contributed by atoms with van der Waals surface area (Å²) in [5, 5.41) is 7.52. The number of benzene rings is 1. The molecule has 4 aromatic rings. The molecule has 1 amide bonds. The fraction of sp³-hybridized carbons (Fsp3) is 0.150. The predicted octanol–water partition coefficient (Wildman–Crippen LogP) is 4.24. The van der Waals surface area contributed by atoms with E-state index in [0.29, 0.717) is 24.4 Å². The number of amides is 1. The number of thiazole rings is 1. The molecule has 4 rings (SSSR count). The molecule has 0 aliphatic carbocycles. The molecule has 136 valence electrons. The second-order valence-corrected chi connectivity index (χ2v) is 7.43. The van der Waals surface area contributed by atoms with Crippen molar-refractivity contribution in [1.29, 1.82) is 0 Å². The smallest absolute Gasteiger partial charge is 0.224 e. The fourth-order valence-electron chi connectivity index (χ4n) is 2.89. The van der Waals surface area contributed by atoms with Crippen molar-refractivity contribution >= 4 is 39.7 Å². The highest BCUT2D eigenvalue weighted by Gasteiger charge is 2.10. The number of rotatable bonds is 6. The normalized spacial score (nSPS) is 11.0. The molecule has 0 saturated carbocycles. The van der Waals surface area contributed by atoms with Gasteiger partial charge in [0.2, 0.25) is 5.91 Å². The molecule has 1 aromatic carbocycles. The van der Waals surface area contributed by atoms with E-state index in [1.165, 1.54) is 0 Å². The van der Waals surface area contributed by atoms with E-state index < -0.39 is 0 Å². The maximum Gasteiger partial charge on any atom is 0.224 e.